The summed E-state index contributed by atoms with van der Waals surface area (Å²) in [5.74, 6) is 1.31. The van der Waals surface area contributed by atoms with Crippen molar-refractivity contribution < 1.29 is 0 Å². The largest absolute Gasteiger partial charge is 0.152 e. The smallest absolute Gasteiger partial charge is 0.0321 e. The van der Waals surface area contributed by atoms with Crippen molar-refractivity contribution in [2.45, 2.75) is 5.25 Å². The van der Waals surface area contributed by atoms with E-state index in [1.807, 2.05) is 17.8 Å². The molecule has 1 aliphatic rings. The van der Waals surface area contributed by atoms with Crippen molar-refractivity contribution in [2.75, 3.05) is 5.75 Å². The molecule has 1 atom stereocenters. The van der Waals surface area contributed by atoms with Gasteiger partial charge in [0, 0.05) is 11.0 Å². The minimum atomic E-state index is 0.801. The SMILES string of the molecule is C(=C\[C@H]1CS1)/c1ccccc1. The monoisotopic (exact) mass is 162 g/mol. The summed E-state index contributed by atoms with van der Waals surface area (Å²) in [6.45, 7) is 0. The first-order chi connectivity index (χ1) is 5.45. The minimum absolute atomic E-state index is 0.801. The number of hydrogen-bond donors (Lipinski definition) is 0. The fourth-order valence-corrected chi connectivity index (χ4v) is 1.36. The van der Waals surface area contributed by atoms with E-state index in [4.69, 9.17) is 0 Å². The summed E-state index contributed by atoms with van der Waals surface area (Å²) in [5, 5.41) is 0.801. The zero-order valence-corrected chi connectivity index (χ0v) is 7.05. The third-order valence-corrected chi connectivity index (χ3v) is 2.54. The molecular formula is C10H10S. The maximum Gasteiger partial charge on any atom is 0.0321 e. The molecule has 1 fully saturated rings. The van der Waals surface area contributed by atoms with Crippen molar-refractivity contribution in [3.05, 3.63) is 42.0 Å². The highest BCUT2D eigenvalue weighted by Crippen LogP contribution is 2.31. The lowest BCUT2D eigenvalue weighted by atomic mass is 10.2. The average Bonchev–Trinajstić information content (AvgIpc) is 2.86. The summed E-state index contributed by atoms with van der Waals surface area (Å²) in [4.78, 5) is 0. The Bertz CT molecular complexity index is 247. The van der Waals surface area contributed by atoms with Gasteiger partial charge in [-0.15, -0.1) is 0 Å². The number of hydrogen-bond acceptors (Lipinski definition) is 1. The molecule has 1 aliphatic heterocycles. The van der Waals surface area contributed by atoms with E-state index in [9.17, 15) is 0 Å². The second-order valence-electron chi connectivity index (χ2n) is 2.64. The highest BCUT2D eigenvalue weighted by molar-refractivity contribution is 8.07. The first-order valence-corrected chi connectivity index (χ1v) is 4.85. The third kappa shape index (κ3) is 2.12. The lowest BCUT2D eigenvalue weighted by Crippen LogP contribution is -1.72. The molecule has 0 unspecified atom stereocenters. The van der Waals surface area contributed by atoms with Gasteiger partial charge >= 0.3 is 0 Å². The Morgan fingerprint density at radius 3 is 2.64 bits per heavy atom. The van der Waals surface area contributed by atoms with Gasteiger partial charge < -0.3 is 0 Å². The van der Waals surface area contributed by atoms with E-state index in [1.54, 1.807) is 0 Å². The van der Waals surface area contributed by atoms with E-state index in [-0.39, 0.29) is 0 Å². The van der Waals surface area contributed by atoms with Crippen molar-refractivity contribution >= 4 is 17.8 Å². The third-order valence-electron chi connectivity index (χ3n) is 1.66. The fourth-order valence-electron chi connectivity index (χ4n) is 0.949. The van der Waals surface area contributed by atoms with Crippen LogP contribution >= 0.6 is 11.8 Å². The van der Waals surface area contributed by atoms with Crippen LogP contribution < -0.4 is 0 Å². The Kier molecular flexibility index (Phi) is 1.99. The van der Waals surface area contributed by atoms with Crippen LogP contribution in [0.5, 0.6) is 0 Å². The molecule has 1 heteroatoms. The van der Waals surface area contributed by atoms with Crippen LogP contribution in [0.25, 0.3) is 6.08 Å². The Balaban J connectivity index is 2.05. The van der Waals surface area contributed by atoms with Gasteiger partial charge in [0.1, 0.15) is 0 Å². The molecule has 0 spiro atoms. The van der Waals surface area contributed by atoms with Gasteiger partial charge in [-0.25, -0.2) is 0 Å². The Morgan fingerprint density at radius 1 is 1.27 bits per heavy atom. The predicted molar refractivity (Wildman–Crippen MR) is 51.7 cm³/mol. The summed E-state index contributed by atoms with van der Waals surface area (Å²) in [5.41, 5.74) is 1.31. The van der Waals surface area contributed by atoms with Crippen molar-refractivity contribution in [2.24, 2.45) is 0 Å². The Hall–Kier alpha value is -0.690. The Morgan fingerprint density at radius 2 is 2.00 bits per heavy atom. The van der Waals surface area contributed by atoms with E-state index in [0.717, 1.165) is 5.25 Å². The standard InChI is InChI=1S/C10H10S/c1-2-4-9(5-3-1)6-7-10-8-11-10/h1-7,10H,8H2/b7-6+/t10-/m0/s1. The normalized spacial score (nSPS) is 22.4. The van der Waals surface area contributed by atoms with Crippen LogP contribution in [0.4, 0.5) is 0 Å². The topological polar surface area (TPSA) is 0 Å². The molecule has 1 heterocycles. The van der Waals surface area contributed by atoms with E-state index >= 15 is 0 Å². The zero-order valence-electron chi connectivity index (χ0n) is 6.23. The van der Waals surface area contributed by atoms with Crippen LogP contribution in [-0.2, 0) is 0 Å². The number of rotatable bonds is 2. The minimum Gasteiger partial charge on any atom is -0.152 e. The lowest BCUT2D eigenvalue weighted by molar-refractivity contribution is 1.42. The summed E-state index contributed by atoms with van der Waals surface area (Å²) < 4.78 is 0. The van der Waals surface area contributed by atoms with E-state index < -0.39 is 0 Å². The molecule has 0 nitrogen and oxygen atoms in total. The summed E-state index contributed by atoms with van der Waals surface area (Å²) in [6, 6.07) is 10.4. The van der Waals surface area contributed by atoms with Crippen molar-refractivity contribution in [1.82, 2.24) is 0 Å². The summed E-state index contributed by atoms with van der Waals surface area (Å²) in [7, 11) is 0. The average molecular weight is 162 g/mol. The van der Waals surface area contributed by atoms with Gasteiger partial charge in [-0.2, -0.15) is 11.8 Å². The highest BCUT2D eigenvalue weighted by Gasteiger charge is 2.17. The molecule has 1 aromatic carbocycles. The van der Waals surface area contributed by atoms with Gasteiger partial charge in [0.25, 0.3) is 0 Å². The van der Waals surface area contributed by atoms with Crippen LogP contribution in [0.2, 0.25) is 0 Å². The van der Waals surface area contributed by atoms with Gasteiger partial charge in [0.2, 0.25) is 0 Å². The number of benzene rings is 1. The molecule has 11 heavy (non-hydrogen) atoms. The van der Waals surface area contributed by atoms with Crippen LogP contribution in [0.3, 0.4) is 0 Å². The fraction of sp³-hybridized carbons (Fsp3) is 0.200. The molecule has 0 aromatic heterocycles. The molecule has 0 aliphatic carbocycles. The lowest BCUT2D eigenvalue weighted by Gasteiger charge is -1.88. The van der Waals surface area contributed by atoms with Crippen LogP contribution in [0.1, 0.15) is 5.56 Å². The Labute approximate surface area is 71.3 Å². The van der Waals surface area contributed by atoms with Crippen LogP contribution in [0, 0.1) is 0 Å². The predicted octanol–water partition coefficient (Wildman–Crippen LogP) is 2.82. The van der Waals surface area contributed by atoms with Gasteiger partial charge in [-0.1, -0.05) is 42.5 Å². The van der Waals surface area contributed by atoms with E-state index in [2.05, 4.69) is 36.4 Å². The zero-order chi connectivity index (χ0) is 7.52. The molecule has 1 aromatic rings. The molecule has 0 bridgehead atoms. The maximum absolute atomic E-state index is 2.28. The first kappa shape index (κ1) is 6.99. The van der Waals surface area contributed by atoms with E-state index in [1.165, 1.54) is 11.3 Å². The first-order valence-electron chi connectivity index (χ1n) is 3.80. The molecule has 56 valence electrons. The van der Waals surface area contributed by atoms with Gasteiger partial charge in [0.05, 0.1) is 0 Å². The molecular weight excluding hydrogens is 152 g/mol. The van der Waals surface area contributed by atoms with E-state index in [0.29, 0.717) is 0 Å². The summed E-state index contributed by atoms with van der Waals surface area (Å²) in [6.07, 6.45) is 4.48. The molecule has 1 saturated heterocycles. The van der Waals surface area contributed by atoms with Gasteiger partial charge in [-0.05, 0) is 5.56 Å². The molecule has 0 radical (unpaired) electrons. The van der Waals surface area contributed by atoms with Crippen molar-refractivity contribution in [3.8, 4) is 0 Å². The van der Waals surface area contributed by atoms with Crippen LogP contribution in [0.15, 0.2) is 36.4 Å². The molecule has 2 rings (SSSR count). The van der Waals surface area contributed by atoms with Gasteiger partial charge in [-0.3, -0.25) is 0 Å². The van der Waals surface area contributed by atoms with Crippen molar-refractivity contribution in [1.29, 1.82) is 0 Å². The molecule has 0 N–H and O–H groups in total. The second-order valence-corrected chi connectivity index (χ2v) is 3.91. The maximum atomic E-state index is 2.28. The second kappa shape index (κ2) is 3.14. The van der Waals surface area contributed by atoms with Crippen molar-refractivity contribution in [3.63, 3.8) is 0 Å². The summed E-state index contributed by atoms with van der Waals surface area (Å²) >= 11 is 2.00. The van der Waals surface area contributed by atoms with Crippen LogP contribution in [-0.4, -0.2) is 11.0 Å². The highest BCUT2D eigenvalue weighted by atomic mass is 32.2. The molecule has 0 amide bonds. The molecule has 0 saturated carbocycles. The quantitative estimate of drug-likeness (QED) is 0.602. The van der Waals surface area contributed by atoms with Gasteiger partial charge in [0.15, 0.2) is 0 Å². The number of thioether (sulfide) groups is 1.